The molecule has 1 nitrogen and oxygen atoms in total. The van der Waals surface area contributed by atoms with Crippen LogP contribution in [-0.2, 0) is 21.7 Å². The van der Waals surface area contributed by atoms with Crippen LogP contribution in [0.2, 0.25) is 0 Å². The Bertz CT molecular complexity index is 2730. The number of hydrogen-bond donors (Lipinski definition) is 0. The van der Waals surface area contributed by atoms with E-state index in [1.807, 2.05) is 0 Å². The Morgan fingerprint density at radius 1 is 0.424 bits per heavy atom. The average molecular weight is 768 g/mol. The van der Waals surface area contributed by atoms with Crippen molar-refractivity contribution in [3.05, 3.63) is 185 Å². The fourth-order valence-electron chi connectivity index (χ4n) is 11.0. The quantitative estimate of drug-likeness (QED) is 0.169. The van der Waals surface area contributed by atoms with Crippen molar-refractivity contribution in [2.75, 3.05) is 4.90 Å². The topological polar surface area (TPSA) is 3.24 Å². The van der Waals surface area contributed by atoms with E-state index < -0.39 is 0 Å². The van der Waals surface area contributed by atoms with Crippen LogP contribution in [0, 0.1) is 0 Å². The maximum absolute atomic E-state index is 2.56. The molecule has 0 amide bonds. The van der Waals surface area contributed by atoms with E-state index in [9.17, 15) is 0 Å². The normalized spacial score (nSPS) is 15.8. The van der Waals surface area contributed by atoms with Gasteiger partial charge < -0.3 is 4.90 Å². The summed E-state index contributed by atoms with van der Waals surface area (Å²) in [6.45, 7) is 18.8. The highest BCUT2D eigenvalue weighted by Crippen LogP contribution is 2.58. The fourth-order valence-corrected chi connectivity index (χ4v) is 11.0. The van der Waals surface area contributed by atoms with Gasteiger partial charge in [-0.15, -0.1) is 0 Å². The van der Waals surface area contributed by atoms with E-state index in [4.69, 9.17) is 0 Å². The van der Waals surface area contributed by atoms with E-state index in [2.05, 4.69) is 212 Å². The third kappa shape index (κ3) is 5.95. The Morgan fingerprint density at radius 2 is 0.949 bits per heavy atom. The lowest BCUT2D eigenvalue weighted by Crippen LogP contribution is -2.21. The largest absolute Gasteiger partial charge is 0.310 e. The second-order valence-corrected chi connectivity index (χ2v) is 20.2. The summed E-state index contributed by atoms with van der Waals surface area (Å²) < 4.78 is 0. The molecule has 7 aromatic rings. The minimum absolute atomic E-state index is 0.0125. The average Bonchev–Trinajstić information content (AvgIpc) is 3.90. The summed E-state index contributed by atoms with van der Waals surface area (Å²) in [6.07, 6.45) is 4.97. The SMILES string of the molecule is CC(C)(C)c1cc(-c2ccccc2N(c2ccc(-c3cccc4c3C(C)(C)c3ccccc3-4)cc2)c2ccc3c(c2)C2(CCCC2)c2ccccc2-3)cc(C(C)(C)C)c1. The van der Waals surface area contributed by atoms with Crippen molar-refractivity contribution in [1.82, 2.24) is 0 Å². The van der Waals surface area contributed by atoms with Gasteiger partial charge in [-0.25, -0.2) is 0 Å². The number of fused-ring (bicyclic) bond motifs is 8. The summed E-state index contributed by atoms with van der Waals surface area (Å²) in [4.78, 5) is 2.54. The van der Waals surface area contributed by atoms with Gasteiger partial charge in [-0.1, -0.05) is 190 Å². The molecular formula is C58H57N. The molecule has 0 atom stereocenters. The predicted molar refractivity (Wildman–Crippen MR) is 252 cm³/mol. The van der Waals surface area contributed by atoms with Gasteiger partial charge in [0.25, 0.3) is 0 Å². The summed E-state index contributed by atoms with van der Waals surface area (Å²) >= 11 is 0. The molecule has 0 heterocycles. The maximum Gasteiger partial charge on any atom is 0.0540 e. The highest BCUT2D eigenvalue weighted by molar-refractivity contribution is 5.92. The van der Waals surface area contributed by atoms with Crippen molar-refractivity contribution < 1.29 is 0 Å². The van der Waals surface area contributed by atoms with Gasteiger partial charge >= 0.3 is 0 Å². The van der Waals surface area contributed by atoms with Crippen LogP contribution in [0.4, 0.5) is 17.1 Å². The smallest absolute Gasteiger partial charge is 0.0540 e. The lowest BCUT2D eigenvalue weighted by Gasteiger charge is -2.32. The number of benzene rings is 7. The third-order valence-corrected chi connectivity index (χ3v) is 14.1. The van der Waals surface area contributed by atoms with Gasteiger partial charge in [-0.2, -0.15) is 0 Å². The van der Waals surface area contributed by atoms with Crippen LogP contribution in [0.15, 0.2) is 152 Å². The van der Waals surface area contributed by atoms with Crippen molar-refractivity contribution >= 4 is 17.1 Å². The molecule has 1 spiro atoms. The zero-order valence-corrected chi connectivity index (χ0v) is 36.2. The highest BCUT2D eigenvalue weighted by Gasteiger charge is 2.45. The van der Waals surface area contributed by atoms with E-state index >= 15 is 0 Å². The second-order valence-electron chi connectivity index (χ2n) is 20.2. The van der Waals surface area contributed by atoms with Crippen LogP contribution >= 0.6 is 0 Å². The molecule has 59 heavy (non-hydrogen) atoms. The number of rotatable bonds is 5. The molecule has 0 radical (unpaired) electrons. The molecular weight excluding hydrogens is 711 g/mol. The molecule has 3 aliphatic rings. The third-order valence-electron chi connectivity index (χ3n) is 14.1. The Hall–Kier alpha value is -5.66. The highest BCUT2D eigenvalue weighted by atomic mass is 15.1. The van der Waals surface area contributed by atoms with Crippen molar-refractivity contribution in [2.24, 2.45) is 0 Å². The van der Waals surface area contributed by atoms with Crippen LogP contribution in [0.25, 0.3) is 44.5 Å². The summed E-state index contributed by atoms with van der Waals surface area (Å²) in [5.41, 5.74) is 22.8. The van der Waals surface area contributed by atoms with E-state index in [0.29, 0.717) is 0 Å². The number of nitrogens with zero attached hydrogens (tertiary/aromatic N) is 1. The molecule has 0 aliphatic heterocycles. The van der Waals surface area contributed by atoms with Gasteiger partial charge in [0, 0.05) is 27.8 Å². The van der Waals surface area contributed by atoms with Gasteiger partial charge in [0.05, 0.1) is 5.69 Å². The lowest BCUT2D eigenvalue weighted by molar-refractivity contribution is 0.550. The number of anilines is 3. The van der Waals surface area contributed by atoms with Crippen LogP contribution < -0.4 is 4.90 Å². The van der Waals surface area contributed by atoms with E-state index in [1.54, 1.807) is 0 Å². The molecule has 0 saturated heterocycles. The lowest BCUT2D eigenvalue weighted by atomic mass is 9.76. The Balaban J connectivity index is 1.16. The molecule has 294 valence electrons. The van der Waals surface area contributed by atoms with Gasteiger partial charge in [0.2, 0.25) is 0 Å². The van der Waals surface area contributed by atoms with Crippen LogP contribution in [0.5, 0.6) is 0 Å². The molecule has 3 aliphatic carbocycles. The standard InChI is InChI=1S/C58H57N/c1-55(2,3)40-34-39(35-41(36-40)56(4,5)6)44-18-11-14-25-53(44)59(43-30-31-48-46-19-10-13-24-51(46)58(52(48)37-43)32-15-16-33-58)42-28-26-38(27-29-42)45-21-17-22-49-47-20-9-12-23-50(47)57(7,8)54(45)49/h9-14,17-31,34-37H,15-16,32-33H2,1-8H3. The minimum atomic E-state index is -0.0855. The van der Waals surface area contributed by atoms with E-state index in [1.165, 1.54) is 115 Å². The summed E-state index contributed by atoms with van der Waals surface area (Å²) in [5.74, 6) is 0. The van der Waals surface area contributed by atoms with Gasteiger partial charge in [-0.05, 0) is 126 Å². The predicted octanol–water partition coefficient (Wildman–Crippen LogP) is 16.2. The molecule has 0 aromatic heterocycles. The zero-order valence-electron chi connectivity index (χ0n) is 36.2. The molecule has 0 bridgehead atoms. The van der Waals surface area contributed by atoms with Crippen LogP contribution in [0.3, 0.4) is 0 Å². The van der Waals surface area contributed by atoms with Crippen molar-refractivity contribution in [3.8, 4) is 44.5 Å². The maximum atomic E-state index is 2.56. The minimum Gasteiger partial charge on any atom is -0.310 e. The van der Waals surface area contributed by atoms with Crippen molar-refractivity contribution in [2.45, 2.75) is 103 Å². The number of para-hydroxylation sites is 1. The first-order chi connectivity index (χ1) is 28.3. The molecule has 10 rings (SSSR count). The summed E-state index contributed by atoms with van der Waals surface area (Å²) in [6, 6.07) is 58.3. The first kappa shape index (κ1) is 37.6. The van der Waals surface area contributed by atoms with Crippen LogP contribution in [-0.4, -0.2) is 0 Å². The van der Waals surface area contributed by atoms with Gasteiger partial charge in [0.1, 0.15) is 0 Å². The Labute approximate surface area is 352 Å². The van der Waals surface area contributed by atoms with Gasteiger partial charge in [-0.3, -0.25) is 0 Å². The Morgan fingerprint density at radius 3 is 1.61 bits per heavy atom. The van der Waals surface area contributed by atoms with Crippen molar-refractivity contribution in [3.63, 3.8) is 0 Å². The first-order valence-corrected chi connectivity index (χ1v) is 21.9. The molecule has 1 heteroatoms. The summed E-state index contributed by atoms with van der Waals surface area (Å²) in [5, 5.41) is 0. The second kappa shape index (κ2) is 13.4. The number of hydrogen-bond acceptors (Lipinski definition) is 1. The molecule has 0 unspecified atom stereocenters. The zero-order chi connectivity index (χ0) is 40.9. The molecule has 7 aromatic carbocycles. The Kier molecular flexibility index (Phi) is 8.56. The van der Waals surface area contributed by atoms with Gasteiger partial charge in [0.15, 0.2) is 0 Å². The van der Waals surface area contributed by atoms with E-state index in [-0.39, 0.29) is 21.7 Å². The van der Waals surface area contributed by atoms with Crippen molar-refractivity contribution in [1.29, 1.82) is 0 Å². The monoisotopic (exact) mass is 767 g/mol. The molecule has 1 fully saturated rings. The first-order valence-electron chi connectivity index (χ1n) is 21.9. The fraction of sp³-hybridized carbons (Fsp3) is 0.276. The molecule has 0 N–H and O–H groups in total. The van der Waals surface area contributed by atoms with Crippen LogP contribution in [0.1, 0.15) is 114 Å². The van der Waals surface area contributed by atoms with E-state index in [0.717, 1.165) is 5.69 Å². The molecule has 1 saturated carbocycles. The summed E-state index contributed by atoms with van der Waals surface area (Å²) in [7, 11) is 0.